The second-order valence-corrected chi connectivity index (χ2v) is 6.29. The third-order valence-electron chi connectivity index (χ3n) is 3.46. The predicted molar refractivity (Wildman–Crippen MR) is 93.6 cm³/mol. The lowest BCUT2D eigenvalue weighted by Gasteiger charge is -2.22. The molecule has 1 amide bonds. The summed E-state index contributed by atoms with van der Waals surface area (Å²) in [6.45, 7) is 0.0178. The van der Waals surface area contributed by atoms with Gasteiger partial charge in [-0.25, -0.2) is 0 Å². The molecule has 1 aromatic carbocycles. The van der Waals surface area contributed by atoms with Crippen LogP contribution in [0.25, 0.3) is 0 Å². The van der Waals surface area contributed by atoms with Crippen molar-refractivity contribution in [1.82, 2.24) is 9.47 Å². The van der Waals surface area contributed by atoms with E-state index in [1.54, 1.807) is 31.3 Å². The second kappa shape index (κ2) is 7.92. The minimum absolute atomic E-state index is 0.196. The molecule has 24 heavy (non-hydrogen) atoms. The molecule has 1 heterocycles. The number of hydrogen-bond donors (Lipinski definition) is 0. The Hall–Kier alpha value is -1.69. The maximum absolute atomic E-state index is 12.8. The Morgan fingerprint density at radius 1 is 1.17 bits per heavy atom. The number of hydrogen-bond acceptors (Lipinski definition) is 3. The Morgan fingerprint density at radius 3 is 2.29 bits per heavy atom. The van der Waals surface area contributed by atoms with Crippen LogP contribution in [-0.2, 0) is 23.1 Å². The van der Waals surface area contributed by atoms with Gasteiger partial charge in [-0.15, -0.1) is 0 Å². The third kappa shape index (κ3) is 4.23. The van der Waals surface area contributed by atoms with Crippen LogP contribution in [0.3, 0.4) is 0 Å². The van der Waals surface area contributed by atoms with Gasteiger partial charge < -0.3 is 14.2 Å². The number of nitrogens with zero attached hydrogens (tertiary/aromatic N) is 2. The summed E-state index contributed by atoms with van der Waals surface area (Å²) >= 11 is 17.8. The number of amides is 1. The first-order chi connectivity index (χ1) is 11.3. The van der Waals surface area contributed by atoms with Gasteiger partial charge in [-0.2, -0.15) is 0 Å². The molecule has 0 saturated carbocycles. The van der Waals surface area contributed by atoms with E-state index >= 15 is 0 Å². The van der Waals surface area contributed by atoms with Crippen LogP contribution in [0.5, 0.6) is 0 Å². The average molecular weight is 390 g/mol. The number of esters is 1. The SMILES string of the molecule is COC(=O)CN(Cc1ccc(Cl)cc1)C(=O)c1cc(Cl)c(Cl)n1C. The minimum Gasteiger partial charge on any atom is -0.468 e. The molecule has 0 atom stereocenters. The van der Waals surface area contributed by atoms with E-state index in [2.05, 4.69) is 4.74 Å². The molecule has 1 aromatic heterocycles. The highest BCUT2D eigenvalue weighted by molar-refractivity contribution is 6.41. The molecule has 0 saturated heterocycles. The number of rotatable bonds is 5. The Labute approximate surface area is 154 Å². The lowest BCUT2D eigenvalue weighted by atomic mass is 10.2. The predicted octanol–water partition coefficient (Wildman–Crippen LogP) is 3.80. The van der Waals surface area contributed by atoms with Crippen molar-refractivity contribution >= 4 is 46.7 Å². The monoisotopic (exact) mass is 388 g/mol. The van der Waals surface area contributed by atoms with Crippen molar-refractivity contribution in [3.8, 4) is 0 Å². The van der Waals surface area contributed by atoms with Gasteiger partial charge in [0.25, 0.3) is 5.91 Å². The fourth-order valence-electron chi connectivity index (χ4n) is 2.14. The van der Waals surface area contributed by atoms with Crippen LogP contribution in [0.1, 0.15) is 16.1 Å². The van der Waals surface area contributed by atoms with Crippen molar-refractivity contribution < 1.29 is 14.3 Å². The van der Waals surface area contributed by atoms with Crippen LogP contribution in [0.15, 0.2) is 30.3 Å². The quantitative estimate of drug-likeness (QED) is 0.731. The van der Waals surface area contributed by atoms with E-state index < -0.39 is 5.97 Å². The highest BCUT2D eigenvalue weighted by Gasteiger charge is 2.24. The molecule has 0 unspecified atom stereocenters. The zero-order chi connectivity index (χ0) is 17.9. The van der Waals surface area contributed by atoms with Crippen molar-refractivity contribution in [3.63, 3.8) is 0 Å². The maximum atomic E-state index is 12.8. The highest BCUT2D eigenvalue weighted by atomic mass is 35.5. The van der Waals surface area contributed by atoms with E-state index in [-0.39, 0.29) is 34.9 Å². The van der Waals surface area contributed by atoms with Crippen LogP contribution in [0.2, 0.25) is 15.2 Å². The number of aromatic nitrogens is 1. The van der Waals surface area contributed by atoms with Gasteiger partial charge in [-0.3, -0.25) is 9.59 Å². The first-order valence-corrected chi connectivity index (χ1v) is 8.08. The first-order valence-electron chi connectivity index (χ1n) is 6.94. The Balaban J connectivity index is 2.30. The summed E-state index contributed by atoms with van der Waals surface area (Å²) in [6.07, 6.45) is 0. The molecule has 0 N–H and O–H groups in total. The standard InChI is InChI=1S/C16H15Cl3N2O3/c1-20-13(7-12(18)15(20)19)16(23)21(9-14(22)24-2)8-10-3-5-11(17)6-4-10/h3-7H,8-9H2,1-2H3. The van der Waals surface area contributed by atoms with Gasteiger partial charge in [-0.1, -0.05) is 46.9 Å². The number of benzene rings is 1. The number of ether oxygens (including phenoxy) is 1. The average Bonchev–Trinajstić information content (AvgIpc) is 2.82. The molecule has 8 heteroatoms. The molecule has 0 aliphatic rings. The second-order valence-electron chi connectivity index (χ2n) is 5.09. The molecule has 5 nitrogen and oxygen atoms in total. The van der Waals surface area contributed by atoms with E-state index in [1.807, 2.05) is 0 Å². The molecule has 128 valence electrons. The lowest BCUT2D eigenvalue weighted by Crippen LogP contribution is -2.36. The Morgan fingerprint density at radius 2 is 1.79 bits per heavy atom. The number of carbonyl (C=O) groups excluding carboxylic acids is 2. The molecule has 0 aliphatic heterocycles. The van der Waals surface area contributed by atoms with Gasteiger partial charge in [0.1, 0.15) is 17.4 Å². The third-order valence-corrected chi connectivity index (χ3v) is 4.55. The number of halogens is 3. The molecular formula is C16H15Cl3N2O3. The van der Waals surface area contributed by atoms with Crippen LogP contribution >= 0.6 is 34.8 Å². The number of methoxy groups -OCH3 is 1. The summed E-state index contributed by atoms with van der Waals surface area (Å²) in [6, 6.07) is 8.47. The summed E-state index contributed by atoms with van der Waals surface area (Å²) in [5, 5.41) is 1.11. The van der Waals surface area contributed by atoms with Crippen LogP contribution in [-0.4, -0.2) is 35.0 Å². The normalized spacial score (nSPS) is 10.5. The lowest BCUT2D eigenvalue weighted by molar-refractivity contribution is -0.141. The van der Waals surface area contributed by atoms with Crippen molar-refractivity contribution in [3.05, 3.63) is 56.8 Å². The summed E-state index contributed by atoms with van der Waals surface area (Å²) < 4.78 is 6.14. The fourth-order valence-corrected chi connectivity index (χ4v) is 2.64. The summed E-state index contributed by atoms with van der Waals surface area (Å²) in [5.74, 6) is -0.907. The minimum atomic E-state index is -0.524. The first kappa shape index (κ1) is 18.6. The smallest absolute Gasteiger partial charge is 0.325 e. The van der Waals surface area contributed by atoms with E-state index in [1.165, 1.54) is 22.6 Å². The molecule has 0 spiro atoms. The summed E-state index contributed by atoms with van der Waals surface area (Å²) in [5.41, 5.74) is 1.10. The molecule has 2 rings (SSSR count). The van der Waals surface area contributed by atoms with E-state index in [9.17, 15) is 9.59 Å². The largest absolute Gasteiger partial charge is 0.468 e. The van der Waals surface area contributed by atoms with Crippen LogP contribution in [0, 0.1) is 0 Å². The molecule has 0 radical (unpaired) electrons. The topological polar surface area (TPSA) is 51.5 Å². The van der Waals surface area contributed by atoms with Crippen molar-refractivity contribution in [2.45, 2.75) is 6.54 Å². The van der Waals surface area contributed by atoms with E-state index in [0.29, 0.717) is 5.02 Å². The van der Waals surface area contributed by atoms with Crippen LogP contribution in [0.4, 0.5) is 0 Å². The number of carbonyl (C=O) groups is 2. The zero-order valence-electron chi connectivity index (χ0n) is 13.1. The summed E-state index contributed by atoms with van der Waals surface area (Å²) in [4.78, 5) is 25.8. The van der Waals surface area contributed by atoms with Gasteiger partial charge in [0.15, 0.2) is 0 Å². The fraction of sp³-hybridized carbons (Fsp3) is 0.250. The van der Waals surface area contributed by atoms with Gasteiger partial charge in [0.05, 0.1) is 12.1 Å². The van der Waals surface area contributed by atoms with Crippen molar-refractivity contribution in [2.75, 3.05) is 13.7 Å². The van der Waals surface area contributed by atoms with Gasteiger partial charge in [0, 0.05) is 18.6 Å². The summed E-state index contributed by atoms with van der Waals surface area (Å²) in [7, 11) is 2.89. The maximum Gasteiger partial charge on any atom is 0.325 e. The van der Waals surface area contributed by atoms with Gasteiger partial charge in [-0.05, 0) is 23.8 Å². The van der Waals surface area contributed by atoms with E-state index in [0.717, 1.165) is 5.56 Å². The molecule has 0 fully saturated rings. The Kier molecular flexibility index (Phi) is 6.15. The highest BCUT2D eigenvalue weighted by Crippen LogP contribution is 2.26. The molecule has 0 aliphatic carbocycles. The zero-order valence-corrected chi connectivity index (χ0v) is 15.3. The van der Waals surface area contributed by atoms with Crippen LogP contribution < -0.4 is 0 Å². The van der Waals surface area contributed by atoms with Crippen molar-refractivity contribution in [2.24, 2.45) is 7.05 Å². The van der Waals surface area contributed by atoms with E-state index in [4.69, 9.17) is 34.8 Å². The van der Waals surface area contributed by atoms with Crippen molar-refractivity contribution in [1.29, 1.82) is 0 Å². The molecule has 2 aromatic rings. The van der Waals surface area contributed by atoms with Gasteiger partial charge in [0.2, 0.25) is 0 Å². The van der Waals surface area contributed by atoms with Gasteiger partial charge >= 0.3 is 5.97 Å². The molecule has 0 bridgehead atoms. The molecular weight excluding hydrogens is 375 g/mol. The Bertz CT molecular complexity index is 757.